The van der Waals surface area contributed by atoms with Crippen LogP contribution in [-0.4, -0.2) is 23.6 Å². The number of para-hydroxylation sites is 1. The number of methoxy groups -OCH3 is 2. The van der Waals surface area contributed by atoms with Crippen molar-refractivity contribution in [3.05, 3.63) is 54.7 Å². The van der Waals surface area contributed by atoms with Crippen molar-refractivity contribution in [2.24, 2.45) is 0 Å². The van der Waals surface area contributed by atoms with E-state index in [0.717, 1.165) is 39.0 Å². The number of rotatable bonds is 2. The van der Waals surface area contributed by atoms with Crippen molar-refractivity contribution in [1.29, 1.82) is 0 Å². The van der Waals surface area contributed by atoms with Crippen LogP contribution in [0.4, 0.5) is 0 Å². The summed E-state index contributed by atoms with van der Waals surface area (Å²) in [7, 11) is 3.32. The van der Waals surface area contributed by atoms with Crippen molar-refractivity contribution < 1.29 is 9.47 Å². The predicted molar refractivity (Wildman–Crippen MR) is 97.4 cm³/mol. The van der Waals surface area contributed by atoms with Crippen LogP contribution in [-0.2, 0) is 0 Å². The Bertz CT molecular complexity index is 1230. The minimum Gasteiger partial charge on any atom is -0.493 e. The zero-order valence-corrected chi connectivity index (χ0v) is 13.5. The molecule has 118 valence electrons. The molecule has 4 heteroatoms. The van der Waals surface area contributed by atoms with Crippen molar-refractivity contribution in [2.75, 3.05) is 14.2 Å². The number of H-pyrrole nitrogens is 1. The van der Waals surface area contributed by atoms with E-state index in [4.69, 9.17) is 9.47 Å². The molecule has 0 saturated carbocycles. The topological polar surface area (TPSA) is 38.7 Å². The highest BCUT2D eigenvalue weighted by Crippen LogP contribution is 2.36. The van der Waals surface area contributed by atoms with E-state index < -0.39 is 0 Å². The molecule has 1 N–H and O–H groups in total. The van der Waals surface area contributed by atoms with Crippen LogP contribution in [0.1, 0.15) is 0 Å². The van der Waals surface area contributed by atoms with Crippen LogP contribution >= 0.6 is 0 Å². The first-order chi connectivity index (χ1) is 11.8. The van der Waals surface area contributed by atoms with Gasteiger partial charge in [-0.1, -0.05) is 18.2 Å². The normalized spacial score (nSPS) is 11.8. The average molecular weight is 316 g/mol. The van der Waals surface area contributed by atoms with Gasteiger partial charge in [-0.15, -0.1) is 0 Å². The Morgan fingerprint density at radius 1 is 0.833 bits per heavy atom. The van der Waals surface area contributed by atoms with Gasteiger partial charge in [0.15, 0.2) is 11.5 Å². The highest BCUT2D eigenvalue weighted by Gasteiger charge is 2.13. The highest BCUT2D eigenvalue weighted by molar-refractivity contribution is 6.13. The Morgan fingerprint density at radius 3 is 2.46 bits per heavy atom. The van der Waals surface area contributed by atoms with Crippen LogP contribution in [0.2, 0.25) is 0 Å². The van der Waals surface area contributed by atoms with Crippen LogP contribution < -0.4 is 9.47 Å². The second-order valence-electron chi connectivity index (χ2n) is 5.94. The zero-order chi connectivity index (χ0) is 16.3. The van der Waals surface area contributed by atoms with Crippen molar-refractivity contribution >= 4 is 38.2 Å². The number of hydrogen-bond acceptors (Lipinski definition) is 2. The second kappa shape index (κ2) is 4.68. The monoisotopic (exact) mass is 316 g/mol. The third-order valence-corrected chi connectivity index (χ3v) is 4.74. The van der Waals surface area contributed by atoms with Gasteiger partial charge in [-0.2, -0.15) is 0 Å². The molecule has 3 heterocycles. The van der Waals surface area contributed by atoms with Crippen molar-refractivity contribution in [2.45, 2.75) is 0 Å². The van der Waals surface area contributed by atoms with Gasteiger partial charge in [0.05, 0.1) is 30.8 Å². The molecule has 0 bridgehead atoms. The zero-order valence-electron chi connectivity index (χ0n) is 13.5. The first-order valence-electron chi connectivity index (χ1n) is 7.86. The summed E-state index contributed by atoms with van der Waals surface area (Å²) in [5.74, 6) is 1.48. The highest BCUT2D eigenvalue weighted by atomic mass is 16.5. The predicted octanol–water partition coefficient (Wildman–Crippen LogP) is 4.74. The summed E-state index contributed by atoms with van der Waals surface area (Å²) in [5.41, 5.74) is 4.55. The fourth-order valence-electron chi connectivity index (χ4n) is 3.60. The van der Waals surface area contributed by atoms with Gasteiger partial charge >= 0.3 is 0 Å². The number of ether oxygens (including phenoxy) is 2. The summed E-state index contributed by atoms with van der Waals surface area (Å²) in [4.78, 5) is 3.56. The van der Waals surface area contributed by atoms with Crippen LogP contribution in [0, 0.1) is 0 Å². The van der Waals surface area contributed by atoms with E-state index in [1.54, 1.807) is 14.2 Å². The van der Waals surface area contributed by atoms with Gasteiger partial charge in [-0.05, 0) is 24.3 Å². The van der Waals surface area contributed by atoms with Gasteiger partial charge in [0.1, 0.15) is 0 Å². The van der Waals surface area contributed by atoms with Gasteiger partial charge < -0.3 is 18.9 Å². The summed E-state index contributed by atoms with van der Waals surface area (Å²) in [5, 5.41) is 3.61. The summed E-state index contributed by atoms with van der Waals surface area (Å²) in [6.07, 6.45) is 2.12. The molecule has 0 radical (unpaired) electrons. The molecule has 0 spiro atoms. The van der Waals surface area contributed by atoms with E-state index in [1.807, 2.05) is 12.1 Å². The summed E-state index contributed by atoms with van der Waals surface area (Å²) >= 11 is 0. The third-order valence-electron chi connectivity index (χ3n) is 4.74. The van der Waals surface area contributed by atoms with E-state index in [2.05, 4.69) is 52.0 Å². The van der Waals surface area contributed by atoms with Crippen LogP contribution in [0.25, 0.3) is 38.2 Å². The fraction of sp³-hybridized carbons (Fsp3) is 0.100. The number of hydrogen-bond donors (Lipinski definition) is 1. The minimum absolute atomic E-state index is 0.738. The van der Waals surface area contributed by atoms with Crippen LogP contribution in [0.5, 0.6) is 11.5 Å². The number of nitrogens with zero attached hydrogens (tertiary/aromatic N) is 1. The van der Waals surface area contributed by atoms with Gasteiger partial charge in [-0.3, -0.25) is 0 Å². The molecule has 0 aliphatic heterocycles. The van der Waals surface area contributed by atoms with Crippen molar-refractivity contribution in [1.82, 2.24) is 9.38 Å². The van der Waals surface area contributed by atoms with Crippen LogP contribution in [0.3, 0.4) is 0 Å². The number of pyridine rings is 1. The molecule has 5 rings (SSSR count). The molecule has 5 aromatic rings. The molecule has 0 amide bonds. The molecule has 0 aliphatic carbocycles. The maximum atomic E-state index is 5.45. The van der Waals surface area contributed by atoms with E-state index in [-0.39, 0.29) is 0 Å². The lowest BCUT2D eigenvalue weighted by Gasteiger charge is -2.07. The lowest BCUT2D eigenvalue weighted by Crippen LogP contribution is -1.91. The number of nitrogens with one attached hydrogen (secondary N) is 1. The quantitative estimate of drug-likeness (QED) is 0.510. The molecule has 3 aromatic heterocycles. The largest absolute Gasteiger partial charge is 0.493 e. The smallest absolute Gasteiger partial charge is 0.162 e. The first-order valence-corrected chi connectivity index (χ1v) is 7.86. The second-order valence-corrected chi connectivity index (χ2v) is 5.94. The maximum Gasteiger partial charge on any atom is 0.162 e. The summed E-state index contributed by atoms with van der Waals surface area (Å²) < 4.78 is 13.1. The minimum atomic E-state index is 0.738. The van der Waals surface area contributed by atoms with E-state index in [0.29, 0.717) is 0 Å². The fourth-order valence-corrected chi connectivity index (χ4v) is 3.60. The molecule has 0 aliphatic rings. The Labute approximate surface area is 138 Å². The molecule has 24 heavy (non-hydrogen) atoms. The Morgan fingerprint density at radius 2 is 1.62 bits per heavy atom. The van der Waals surface area contributed by atoms with Crippen molar-refractivity contribution in [3.8, 4) is 11.5 Å². The van der Waals surface area contributed by atoms with E-state index in [9.17, 15) is 0 Å². The Hall–Kier alpha value is -3.14. The van der Waals surface area contributed by atoms with E-state index >= 15 is 0 Å². The first kappa shape index (κ1) is 13.3. The molecule has 0 atom stereocenters. The molecule has 4 nitrogen and oxygen atoms in total. The number of fused-ring (bicyclic) bond motifs is 7. The molecule has 2 aromatic carbocycles. The molecule has 0 fully saturated rings. The van der Waals surface area contributed by atoms with Crippen molar-refractivity contribution in [3.63, 3.8) is 0 Å². The lowest BCUT2D eigenvalue weighted by atomic mass is 10.2. The van der Waals surface area contributed by atoms with Gasteiger partial charge in [0.2, 0.25) is 0 Å². The lowest BCUT2D eigenvalue weighted by molar-refractivity contribution is 0.356. The molecular formula is C20H16N2O2. The third kappa shape index (κ3) is 1.62. The Kier molecular flexibility index (Phi) is 2.59. The standard InChI is InChI=1S/C20H16N2O2/c1-23-18-10-12-9-17-20-14(13-5-3-4-6-15(13)21-20)7-8-22(17)16(12)11-19(18)24-2/h3-11,21H,1-2H3. The van der Waals surface area contributed by atoms with Gasteiger partial charge in [-0.25, -0.2) is 0 Å². The average Bonchev–Trinajstić information content (AvgIpc) is 3.18. The number of benzene rings is 2. The molecular weight excluding hydrogens is 300 g/mol. The SMILES string of the molecule is COc1cc2cc3c4[nH]c5ccccc5c4ccn3c2cc1OC. The van der Waals surface area contributed by atoms with Gasteiger partial charge in [0, 0.05) is 33.9 Å². The number of aromatic nitrogens is 2. The summed E-state index contributed by atoms with van der Waals surface area (Å²) in [6.45, 7) is 0. The molecule has 0 unspecified atom stereocenters. The Balaban J connectivity index is 1.95. The number of aromatic amines is 1. The van der Waals surface area contributed by atoms with Crippen LogP contribution in [0.15, 0.2) is 54.7 Å². The summed E-state index contributed by atoms with van der Waals surface area (Å²) in [6, 6.07) is 16.8. The maximum absolute atomic E-state index is 5.45. The van der Waals surface area contributed by atoms with E-state index in [1.165, 1.54) is 10.8 Å². The molecule has 0 saturated heterocycles. The van der Waals surface area contributed by atoms with Gasteiger partial charge in [0.25, 0.3) is 0 Å².